The number of aromatic nitrogens is 1. The predicted octanol–water partition coefficient (Wildman–Crippen LogP) is 4.53. The third-order valence-corrected chi connectivity index (χ3v) is 4.77. The molecule has 0 unspecified atom stereocenters. The van der Waals surface area contributed by atoms with E-state index in [-0.39, 0.29) is 17.9 Å². The van der Waals surface area contributed by atoms with Crippen molar-refractivity contribution in [1.29, 1.82) is 0 Å². The predicted molar refractivity (Wildman–Crippen MR) is 108 cm³/mol. The van der Waals surface area contributed by atoms with E-state index < -0.39 is 0 Å². The number of carbonyl (C=O) groups excluding carboxylic acids is 1. The van der Waals surface area contributed by atoms with Crippen LogP contribution in [-0.2, 0) is 4.79 Å². The van der Waals surface area contributed by atoms with Gasteiger partial charge < -0.3 is 9.15 Å². The van der Waals surface area contributed by atoms with E-state index in [0.717, 1.165) is 34.5 Å². The average molecular weight is 377 g/mol. The van der Waals surface area contributed by atoms with Gasteiger partial charge in [0.25, 0.3) is 0 Å². The fourth-order valence-corrected chi connectivity index (χ4v) is 3.37. The van der Waals surface area contributed by atoms with E-state index >= 15 is 0 Å². The third kappa shape index (κ3) is 3.63. The van der Waals surface area contributed by atoms with Gasteiger partial charge in [-0.1, -0.05) is 13.0 Å². The van der Waals surface area contributed by atoms with Gasteiger partial charge >= 0.3 is 0 Å². The molecule has 0 saturated heterocycles. The Labute approximate surface area is 163 Å². The van der Waals surface area contributed by atoms with Crippen LogP contribution in [0.2, 0.25) is 0 Å². The number of benzene rings is 2. The second-order valence-electron chi connectivity index (χ2n) is 7.23. The van der Waals surface area contributed by atoms with Crippen LogP contribution in [0.15, 0.2) is 52.0 Å². The quantitative estimate of drug-likeness (QED) is 0.708. The summed E-state index contributed by atoms with van der Waals surface area (Å²) < 4.78 is 11.7. The maximum atomic E-state index is 11.6. The first-order chi connectivity index (χ1) is 13.5. The van der Waals surface area contributed by atoms with Gasteiger partial charge in [-0.25, -0.2) is 10.4 Å². The Hall–Kier alpha value is -3.15. The molecule has 1 aliphatic rings. The average Bonchev–Trinajstić information content (AvgIpc) is 3.11. The highest BCUT2D eigenvalue weighted by Gasteiger charge is 2.24. The monoisotopic (exact) mass is 377 g/mol. The van der Waals surface area contributed by atoms with Crippen molar-refractivity contribution in [2.45, 2.75) is 39.7 Å². The molecule has 1 aliphatic heterocycles. The zero-order chi connectivity index (χ0) is 19.7. The summed E-state index contributed by atoms with van der Waals surface area (Å²) in [6.07, 6.45) is 1.45. The highest BCUT2D eigenvalue weighted by atomic mass is 16.5. The zero-order valence-electron chi connectivity index (χ0n) is 16.2. The van der Waals surface area contributed by atoms with Crippen molar-refractivity contribution in [3.63, 3.8) is 0 Å². The molecular weight excluding hydrogens is 354 g/mol. The number of hydrogen-bond donors (Lipinski definition) is 1. The van der Waals surface area contributed by atoms with Gasteiger partial charge in [0, 0.05) is 23.5 Å². The van der Waals surface area contributed by atoms with Crippen molar-refractivity contribution in [3.8, 4) is 17.2 Å². The molecule has 1 atom stereocenters. The van der Waals surface area contributed by atoms with E-state index in [1.54, 1.807) is 0 Å². The second-order valence-corrected chi connectivity index (χ2v) is 7.23. The maximum Gasteiger partial charge on any atom is 0.240 e. The fraction of sp³-hybridized carbons (Fsp3) is 0.318. The van der Waals surface area contributed by atoms with Gasteiger partial charge in [-0.15, -0.1) is 0 Å². The lowest BCUT2D eigenvalue weighted by molar-refractivity contribution is -0.122. The summed E-state index contributed by atoms with van der Waals surface area (Å²) in [6, 6.07) is 13.6. The topological polar surface area (TPSA) is 76.7 Å². The number of fused-ring (bicyclic) bond motifs is 1. The van der Waals surface area contributed by atoms with Crippen LogP contribution in [0.4, 0.5) is 0 Å². The fourth-order valence-electron chi connectivity index (χ4n) is 3.37. The van der Waals surface area contributed by atoms with E-state index in [4.69, 9.17) is 9.15 Å². The molecule has 0 aliphatic carbocycles. The summed E-state index contributed by atoms with van der Waals surface area (Å²) in [5.74, 6) is 1.46. The van der Waals surface area contributed by atoms with Crippen LogP contribution in [0.25, 0.3) is 22.6 Å². The van der Waals surface area contributed by atoms with Crippen LogP contribution in [0.5, 0.6) is 5.75 Å². The molecule has 4 rings (SSSR count). The molecule has 144 valence electrons. The minimum absolute atomic E-state index is 0.0384. The van der Waals surface area contributed by atoms with Crippen LogP contribution in [-0.4, -0.2) is 22.7 Å². The summed E-state index contributed by atoms with van der Waals surface area (Å²) in [5.41, 5.74) is 6.79. The van der Waals surface area contributed by atoms with Gasteiger partial charge in [0.1, 0.15) is 11.3 Å². The Morgan fingerprint density at radius 2 is 1.93 bits per heavy atom. The van der Waals surface area contributed by atoms with Crippen LogP contribution >= 0.6 is 0 Å². The number of hydrogen-bond acceptors (Lipinski definition) is 5. The lowest BCUT2D eigenvalue weighted by Gasteiger charge is -2.21. The number of ether oxygens (including phenoxy) is 1. The van der Waals surface area contributed by atoms with Gasteiger partial charge in [-0.2, -0.15) is 5.10 Å². The van der Waals surface area contributed by atoms with Crippen molar-refractivity contribution in [3.05, 3.63) is 48.0 Å². The van der Waals surface area contributed by atoms with Crippen molar-refractivity contribution < 1.29 is 13.9 Å². The number of nitrogens with one attached hydrogen (secondary N) is 1. The van der Waals surface area contributed by atoms with Crippen LogP contribution < -0.4 is 10.2 Å². The first kappa shape index (κ1) is 18.2. The van der Waals surface area contributed by atoms with E-state index in [2.05, 4.69) is 22.4 Å². The molecule has 0 bridgehead atoms. The van der Waals surface area contributed by atoms with E-state index in [9.17, 15) is 4.79 Å². The molecule has 1 N–H and O–H groups in total. The molecule has 2 aromatic carbocycles. The van der Waals surface area contributed by atoms with Crippen molar-refractivity contribution in [2.75, 3.05) is 0 Å². The molecule has 0 spiro atoms. The lowest BCUT2D eigenvalue weighted by atomic mass is 9.90. The minimum atomic E-state index is -0.0384. The Bertz CT molecular complexity index is 1030. The van der Waals surface area contributed by atoms with Crippen molar-refractivity contribution in [2.24, 2.45) is 11.0 Å². The Morgan fingerprint density at radius 1 is 1.18 bits per heavy atom. The first-order valence-electron chi connectivity index (χ1n) is 9.58. The van der Waals surface area contributed by atoms with Crippen molar-refractivity contribution >= 4 is 22.7 Å². The molecule has 6 nitrogen and oxygen atoms in total. The summed E-state index contributed by atoms with van der Waals surface area (Å²) in [7, 11) is 0. The summed E-state index contributed by atoms with van der Waals surface area (Å²) in [6.45, 7) is 6.06. The molecule has 0 fully saturated rings. The lowest BCUT2D eigenvalue weighted by Crippen LogP contribution is -2.33. The van der Waals surface area contributed by atoms with E-state index in [0.29, 0.717) is 17.9 Å². The van der Waals surface area contributed by atoms with Gasteiger partial charge in [-0.3, -0.25) is 4.79 Å². The normalized spacial score (nSPS) is 16.9. The van der Waals surface area contributed by atoms with Crippen LogP contribution in [0, 0.1) is 5.92 Å². The summed E-state index contributed by atoms with van der Waals surface area (Å²) in [4.78, 5) is 16.2. The largest absolute Gasteiger partial charge is 0.491 e. The molecule has 0 radical (unpaired) electrons. The van der Waals surface area contributed by atoms with Crippen LogP contribution in [0.1, 0.15) is 39.2 Å². The highest BCUT2D eigenvalue weighted by Crippen LogP contribution is 2.28. The van der Waals surface area contributed by atoms with Gasteiger partial charge in [0.2, 0.25) is 11.8 Å². The maximum absolute atomic E-state index is 11.6. The molecule has 1 aromatic heterocycles. The number of hydrazone groups is 1. The van der Waals surface area contributed by atoms with E-state index in [1.807, 2.05) is 56.3 Å². The summed E-state index contributed by atoms with van der Waals surface area (Å²) >= 11 is 0. The minimum Gasteiger partial charge on any atom is -0.491 e. The third-order valence-electron chi connectivity index (χ3n) is 4.77. The number of oxazole rings is 1. The molecule has 1 amide bonds. The number of rotatable bonds is 5. The molecule has 2 heterocycles. The molecule has 6 heteroatoms. The first-order valence-corrected chi connectivity index (χ1v) is 9.58. The van der Waals surface area contributed by atoms with Gasteiger partial charge in [0.05, 0.1) is 11.8 Å². The SMILES string of the molecule is CC[C@H]1CC(=O)NN=C1c1ccc2nc(-c3ccc(OC(C)C)cc3)oc2c1. The Kier molecular flexibility index (Phi) is 4.86. The van der Waals surface area contributed by atoms with Crippen LogP contribution in [0.3, 0.4) is 0 Å². The second kappa shape index (κ2) is 7.46. The smallest absolute Gasteiger partial charge is 0.240 e. The molecule has 28 heavy (non-hydrogen) atoms. The molecule has 0 saturated carbocycles. The number of carbonyl (C=O) groups is 1. The van der Waals surface area contributed by atoms with Crippen molar-refractivity contribution in [1.82, 2.24) is 10.4 Å². The standard InChI is InChI=1S/C22H23N3O3/c1-4-14-12-20(26)24-25-21(14)16-7-10-18-19(11-16)28-22(23-18)15-5-8-17(9-6-15)27-13(2)3/h5-11,13-14H,4,12H2,1-3H3,(H,24,26)/t14-/m0/s1. The number of nitrogens with zero attached hydrogens (tertiary/aromatic N) is 2. The molecular formula is C22H23N3O3. The van der Waals surface area contributed by atoms with Gasteiger partial charge in [-0.05, 0) is 56.7 Å². The number of amides is 1. The zero-order valence-corrected chi connectivity index (χ0v) is 16.2. The Balaban J connectivity index is 1.64. The molecule has 3 aromatic rings. The van der Waals surface area contributed by atoms with Gasteiger partial charge in [0.15, 0.2) is 5.58 Å². The highest BCUT2D eigenvalue weighted by molar-refractivity contribution is 6.07. The Morgan fingerprint density at radius 3 is 2.64 bits per heavy atom. The van der Waals surface area contributed by atoms with E-state index in [1.165, 1.54) is 0 Å². The summed E-state index contributed by atoms with van der Waals surface area (Å²) in [5, 5.41) is 4.28.